The monoisotopic (exact) mass is 414 g/mol. The molecule has 2 saturated heterocycles. The SMILES string of the molecule is Cn1cc(-c2ccc(-c3ccc(O[C@H]4CC5CC6C(N5)[C@@H]6C4)nn3)c3[nH]ncc23)nn1. The van der Waals surface area contributed by atoms with Gasteiger partial charge in [0, 0.05) is 41.7 Å². The van der Waals surface area contributed by atoms with Gasteiger partial charge in [-0.1, -0.05) is 11.3 Å². The average Bonchev–Trinajstić information content (AvgIpc) is 3.17. The Morgan fingerprint density at radius 1 is 0.968 bits per heavy atom. The fourth-order valence-electron chi connectivity index (χ4n) is 5.62. The molecule has 31 heavy (non-hydrogen) atoms. The molecule has 4 bridgehead atoms. The van der Waals surface area contributed by atoms with Crippen LogP contribution in [-0.2, 0) is 7.05 Å². The summed E-state index contributed by atoms with van der Waals surface area (Å²) in [6, 6.07) is 9.29. The van der Waals surface area contributed by atoms with Crippen molar-refractivity contribution in [3.05, 3.63) is 36.7 Å². The summed E-state index contributed by atoms with van der Waals surface area (Å²) < 4.78 is 7.91. The van der Waals surface area contributed by atoms with Crippen molar-refractivity contribution >= 4 is 10.9 Å². The smallest absolute Gasteiger partial charge is 0.233 e. The lowest BCUT2D eigenvalue weighted by Gasteiger charge is -2.18. The summed E-state index contributed by atoms with van der Waals surface area (Å²) >= 11 is 0. The minimum atomic E-state index is 0.228. The molecule has 4 aliphatic rings. The third kappa shape index (κ3) is 2.76. The van der Waals surface area contributed by atoms with Crippen molar-refractivity contribution in [2.75, 3.05) is 0 Å². The lowest BCUT2D eigenvalue weighted by molar-refractivity contribution is 0.167. The number of ether oxygens (including phenoxy) is 1. The van der Waals surface area contributed by atoms with Gasteiger partial charge < -0.3 is 10.1 Å². The fourth-order valence-corrected chi connectivity index (χ4v) is 5.62. The molecule has 0 amide bonds. The number of H-pyrrole nitrogens is 1. The van der Waals surface area contributed by atoms with Crippen LogP contribution in [0.3, 0.4) is 0 Å². The van der Waals surface area contributed by atoms with Gasteiger partial charge in [-0.05, 0) is 43.2 Å². The second-order valence-corrected chi connectivity index (χ2v) is 9.02. The van der Waals surface area contributed by atoms with E-state index in [2.05, 4.69) is 36.0 Å². The van der Waals surface area contributed by atoms with Crippen LogP contribution in [0.5, 0.6) is 5.88 Å². The number of nitrogens with zero attached hydrogens (tertiary/aromatic N) is 6. The van der Waals surface area contributed by atoms with E-state index in [1.807, 2.05) is 43.7 Å². The molecule has 3 aromatic heterocycles. The van der Waals surface area contributed by atoms with E-state index in [1.165, 1.54) is 6.42 Å². The minimum absolute atomic E-state index is 0.228. The number of benzene rings is 1. The standard InChI is InChI=1S/C22H22N8O/c1-30-10-19(26-29-30)13-2-3-14(22-17(13)9-23-28-22)18-4-5-20(27-25-18)31-12-6-11-7-15-16(8-12)21(15)24-11/h2-5,9-12,15-16,21,24H,6-8H2,1H3,(H,23,28)/t11?,12-,15?,16+,21?/m0/s1. The van der Waals surface area contributed by atoms with E-state index in [-0.39, 0.29) is 6.10 Å². The summed E-state index contributed by atoms with van der Waals surface area (Å²) in [6.45, 7) is 0. The molecule has 4 fully saturated rings. The van der Waals surface area contributed by atoms with Crippen LogP contribution >= 0.6 is 0 Å². The van der Waals surface area contributed by atoms with Crippen LogP contribution in [0, 0.1) is 11.8 Å². The number of aromatic amines is 1. The normalized spacial score (nSPS) is 28.6. The predicted octanol–water partition coefficient (Wildman–Crippen LogP) is 2.33. The van der Waals surface area contributed by atoms with Gasteiger partial charge in [0.15, 0.2) is 0 Å². The van der Waals surface area contributed by atoms with Crippen molar-refractivity contribution in [3.63, 3.8) is 0 Å². The Bertz CT molecular complexity index is 1260. The third-order valence-electron chi connectivity index (χ3n) is 7.10. The molecule has 156 valence electrons. The minimum Gasteiger partial charge on any atom is -0.473 e. The Morgan fingerprint density at radius 3 is 2.65 bits per heavy atom. The van der Waals surface area contributed by atoms with Crippen molar-refractivity contribution < 1.29 is 4.74 Å². The van der Waals surface area contributed by atoms with E-state index in [4.69, 9.17) is 4.74 Å². The van der Waals surface area contributed by atoms with Gasteiger partial charge in [0.2, 0.25) is 5.88 Å². The second kappa shape index (κ2) is 6.34. The zero-order valence-corrected chi connectivity index (χ0v) is 17.1. The lowest BCUT2D eigenvalue weighted by Crippen LogP contribution is -2.28. The van der Waals surface area contributed by atoms with Crippen LogP contribution in [0.25, 0.3) is 33.4 Å². The summed E-state index contributed by atoms with van der Waals surface area (Å²) in [4.78, 5) is 0. The first-order chi connectivity index (χ1) is 15.2. The van der Waals surface area contributed by atoms with E-state index in [9.17, 15) is 0 Å². The first kappa shape index (κ1) is 17.4. The number of fused-ring (bicyclic) bond motifs is 3. The van der Waals surface area contributed by atoms with Crippen molar-refractivity contribution in [1.29, 1.82) is 0 Å². The maximum absolute atomic E-state index is 6.22. The van der Waals surface area contributed by atoms with Gasteiger partial charge in [-0.2, -0.15) is 5.10 Å². The molecule has 5 atom stereocenters. The van der Waals surface area contributed by atoms with Crippen LogP contribution < -0.4 is 10.1 Å². The average molecular weight is 414 g/mol. The van der Waals surface area contributed by atoms with E-state index in [0.717, 1.165) is 64.1 Å². The van der Waals surface area contributed by atoms with Crippen LogP contribution in [0.15, 0.2) is 36.7 Å². The Kier molecular flexibility index (Phi) is 3.55. The number of rotatable bonds is 4. The topological polar surface area (TPSA) is 106 Å². The molecule has 9 heteroatoms. The molecule has 4 aromatic rings. The molecule has 8 rings (SSSR count). The summed E-state index contributed by atoms with van der Waals surface area (Å²) in [6.07, 6.45) is 7.43. The molecular weight excluding hydrogens is 392 g/mol. The van der Waals surface area contributed by atoms with E-state index >= 15 is 0 Å². The molecule has 2 aliphatic carbocycles. The highest BCUT2D eigenvalue weighted by atomic mass is 16.5. The predicted molar refractivity (Wildman–Crippen MR) is 113 cm³/mol. The molecule has 2 aliphatic heterocycles. The van der Waals surface area contributed by atoms with Crippen LogP contribution in [0.2, 0.25) is 0 Å². The number of hydrogen-bond donors (Lipinski definition) is 2. The number of hydrogen-bond acceptors (Lipinski definition) is 7. The summed E-state index contributed by atoms with van der Waals surface area (Å²) in [5.41, 5.74) is 4.41. The van der Waals surface area contributed by atoms with Crippen molar-refractivity contribution in [2.45, 2.75) is 37.5 Å². The first-order valence-corrected chi connectivity index (χ1v) is 10.8. The van der Waals surface area contributed by atoms with Crippen molar-refractivity contribution in [3.8, 4) is 28.4 Å². The zero-order chi connectivity index (χ0) is 20.5. The lowest BCUT2D eigenvalue weighted by atomic mass is 10.0. The summed E-state index contributed by atoms with van der Waals surface area (Å²) in [7, 11) is 1.86. The Morgan fingerprint density at radius 2 is 1.87 bits per heavy atom. The number of aromatic nitrogens is 7. The van der Waals surface area contributed by atoms with Crippen LogP contribution in [-0.4, -0.2) is 53.6 Å². The fraction of sp³-hybridized carbons (Fsp3) is 0.409. The molecule has 5 heterocycles. The molecule has 2 saturated carbocycles. The zero-order valence-electron chi connectivity index (χ0n) is 17.1. The van der Waals surface area contributed by atoms with E-state index < -0.39 is 0 Å². The largest absolute Gasteiger partial charge is 0.473 e. The summed E-state index contributed by atoms with van der Waals surface area (Å²) in [5.74, 6) is 2.27. The third-order valence-corrected chi connectivity index (χ3v) is 7.10. The Hall–Kier alpha value is -3.33. The number of piperidine rings is 1. The number of aryl methyl sites for hydroxylation is 1. The van der Waals surface area contributed by atoms with E-state index in [1.54, 1.807) is 4.68 Å². The molecular formula is C22H22N8O. The Balaban J connectivity index is 1.16. The maximum Gasteiger partial charge on any atom is 0.233 e. The molecule has 0 spiro atoms. The molecule has 9 nitrogen and oxygen atoms in total. The quantitative estimate of drug-likeness (QED) is 0.528. The van der Waals surface area contributed by atoms with Crippen molar-refractivity contribution in [2.24, 2.45) is 18.9 Å². The van der Waals surface area contributed by atoms with Gasteiger partial charge in [-0.25, -0.2) is 0 Å². The first-order valence-electron chi connectivity index (χ1n) is 10.8. The second-order valence-electron chi connectivity index (χ2n) is 9.02. The van der Waals surface area contributed by atoms with Gasteiger partial charge in [0.05, 0.1) is 23.6 Å². The van der Waals surface area contributed by atoms with Gasteiger partial charge >= 0.3 is 0 Å². The summed E-state index contributed by atoms with van der Waals surface area (Å²) in [5, 5.41) is 29.2. The van der Waals surface area contributed by atoms with Crippen LogP contribution in [0.4, 0.5) is 0 Å². The highest BCUT2D eigenvalue weighted by Gasteiger charge is 2.59. The highest BCUT2D eigenvalue weighted by molar-refractivity contribution is 6.01. The molecule has 1 aromatic carbocycles. The van der Waals surface area contributed by atoms with Gasteiger partial charge in [0.1, 0.15) is 11.8 Å². The van der Waals surface area contributed by atoms with Crippen molar-refractivity contribution in [1.82, 2.24) is 40.7 Å². The maximum atomic E-state index is 6.22. The molecule has 3 unspecified atom stereocenters. The van der Waals surface area contributed by atoms with E-state index in [0.29, 0.717) is 11.9 Å². The Labute approximate surface area is 178 Å². The van der Waals surface area contributed by atoms with Crippen LogP contribution in [0.1, 0.15) is 19.3 Å². The number of nitrogens with one attached hydrogen (secondary N) is 2. The van der Waals surface area contributed by atoms with Gasteiger partial charge in [-0.3, -0.25) is 9.78 Å². The van der Waals surface area contributed by atoms with Gasteiger partial charge in [0.25, 0.3) is 0 Å². The molecule has 2 N–H and O–H groups in total. The van der Waals surface area contributed by atoms with Gasteiger partial charge in [-0.15, -0.1) is 15.3 Å². The molecule has 0 radical (unpaired) electrons. The highest BCUT2D eigenvalue weighted by Crippen LogP contribution is 2.53.